The Hall–Kier alpha value is -4.17. The Morgan fingerprint density at radius 3 is 2.00 bits per heavy atom. The Kier molecular flexibility index (Phi) is 8.76. The van der Waals surface area contributed by atoms with Gasteiger partial charge in [0.15, 0.2) is 23.0 Å². The fourth-order valence-electron chi connectivity index (χ4n) is 4.03. The van der Waals surface area contributed by atoms with E-state index in [-0.39, 0.29) is 12.6 Å². The number of hydrogen-bond donors (Lipinski definition) is 0. The van der Waals surface area contributed by atoms with Crippen LogP contribution < -0.4 is 23.7 Å². The third-order valence-corrected chi connectivity index (χ3v) is 7.01. The maximum Gasteiger partial charge on any atom is 0.348 e. The van der Waals surface area contributed by atoms with Crippen molar-refractivity contribution in [3.8, 4) is 50.3 Å². The van der Waals surface area contributed by atoms with Crippen molar-refractivity contribution in [2.75, 3.05) is 35.0 Å². The van der Waals surface area contributed by atoms with Gasteiger partial charge in [-0.15, -0.1) is 11.3 Å². The summed E-state index contributed by atoms with van der Waals surface area (Å²) in [7, 11) is 6.31. The number of ether oxygens (including phenoxy) is 6. The fraction of sp³-hybridized carbons (Fsp3) is 0.233. The molecule has 0 N–H and O–H groups in total. The smallest absolute Gasteiger partial charge is 0.348 e. The van der Waals surface area contributed by atoms with Crippen LogP contribution in [0.15, 0.2) is 66.7 Å². The largest absolute Gasteiger partial charge is 0.493 e. The molecule has 0 amide bonds. The van der Waals surface area contributed by atoms with Gasteiger partial charge in [-0.25, -0.2) is 4.79 Å². The van der Waals surface area contributed by atoms with E-state index in [0.717, 1.165) is 27.1 Å². The summed E-state index contributed by atoms with van der Waals surface area (Å²) in [6.07, 6.45) is 0. The van der Waals surface area contributed by atoms with Crippen molar-refractivity contribution < 1.29 is 33.2 Å². The van der Waals surface area contributed by atoms with Crippen LogP contribution in [0.4, 0.5) is 0 Å². The molecule has 0 aliphatic carbocycles. The minimum Gasteiger partial charge on any atom is -0.493 e. The average molecular weight is 535 g/mol. The number of rotatable bonds is 11. The van der Waals surface area contributed by atoms with Gasteiger partial charge in [0.25, 0.3) is 0 Å². The van der Waals surface area contributed by atoms with E-state index < -0.39 is 0 Å². The molecule has 0 bridgehead atoms. The maximum absolute atomic E-state index is 12.7. The fourth-order valence-corrected chi connectivity index (χ4v) is 5.09. The minimum absolute atomic E-state index is 0.283. The predicted octanol–water partition coefficient (Wildman–Crippen LogP) is 6.87. The lowest BCUT2D eigenvalue weighted by atomic mass is 10.0. The monoisotopic (exact) mass is 534 g/mol. The van der Waals surface area contributed by atoms with E-state index in [9.17, 15) is 4.79 Å². The molecule has 38 heavy (non-hydrogen) atoms. The van der Waals surface area contributed by atoms with Crippen molar-refractivity contribution >= 4 is 17.3 Å². The van der Waals surface area contributed by atoms with Crippen molar-refractivity contribution in [3.63, 3.8) is 0 Å². The van der Waals surface area contributed by atoms with Gasteiger partial charge in [0.05, 0.1) is 35.0 Å². The van der Waals surface area contributed by atoms with E-state index >= 15 is 0 Å². The standard InChI is InChI=1S/C30H30O7S/c1-6-36-30(31)27-17-22(29(38-27)21-15-25(33-3)28(35-5)26(16-21)34-4)20-12-13-23(32-2)24(14-20)37-18-19-10-8-7-9-11-19/h7-17H,6,18H2,1-5H3. The summed E-state index contributed by atoms with van der Waals surface area (Å²) >= 11 is 1.33. The zero-order valence-corrected chi connectivity index (χ0v) is 22.8. The van der Waals surface area contributed by atoms with Crippen molar-refractivity contribution in [2.45, 2.75) is 13.5 Å². The first-order valence-electron chi connectivity index (χ1n) is 12.0. The normalized spacial score (nSPS) is 10.6. The second-order valence-corrected chi connectivity index (χ2v) is 9.18. The van der Waals surface area contributed by atoms with Crippen molar-refractivity contribution in [1.29, 1.82) is 0 Å². The van der Waals surface area contributed by atoms with Crippen molar-refractivity contribution in [3.05, 3.63) is 77.2 Å². The molecule has 4 rings (SSSR count). The molecule has 1 aromatic heterocycles. The number of benzene rings is 3. The summed E-state index contributed by atoms with van der Waals surface area (Å²) in [5, 5.41) is 0. The highest BCUT2D eigenvalue weighted by molar-refractivity contribution is 7.18. The molecule has 0 atom stereocenters. The lowest BCUT2D eigenvalue weighted by Crippen LogP contribution is -2.01. The van der Waals surface area contributed by atoms with Crippen LogP contribution in [-0.2, 0) is 11.3 Å². The molecule has 8 heteroatoms. The van der Waals surface area contributed by atoms with Crippen LogP contribution in [-0.4, -0.2) is 41.0 Å². The Labute approximate surface area is 226 Å². The van der Waals surface area contributed by atoms with E-state index in [1.807, 2.05) is 66.7 Å². The molecular formula is C30H30O7S. The molecule has 4 aromatic rings. The van der Waals surface area contributed by atoms with Gasteiger partial charge in [0, 0.05) is 10.4 Å². The molecule has 0 aliphatic rings. The molecule has 7 nitrogen and oxygen atoms in total. The van der Waals surface area contributed by atoms with Gasteiger partial charge in [-0.1, -0.05) is 36.4 Å². The number of carbonyl (C=O) groups excluding carboxylic acids is 1. The lowest BCUT2D eigenvalue weighted by molar-refractivity contribution is 0.0532. The number of thiophene rings is 1. The summed E-state index contributed by atoms with van der Waals surface area (Å²) < 4.78 is 33.6. The molecular weight excluding hydrogens is 504 g/mol. The van der Waals surface area contributed by atoms with Gasteiger partial charge in [-0.2, -0.15) is 0 Å². The number of hydrogen-bond acceptors (Lipinski definition) is 8. The highest BCUT2D eigenvalue weighted by atomic mass is 32.1. The van der Waals surface area contributed by atoms with Crippen LogP contribution in [0.2, 0.25) is 0 Å². The third kappa shape index (κ3) is 5.70. The van der Waals surface area contributed by atoms with E-state index in [0.29, 0.717) is 40.2 Å². The summed E-state index contributed by atoms with van der Waals surface area (Å²) in [4.78, 5) is 14.0. The van der Waals surface area contributed by atoms with E-state index in [1.165, 1.54) is 11.3 Å². The molecule has 3 aromatic carbocycles. The summed E-state index contributed by atoms with van der Waals surface area (Å²) in [5.41, 5.74) is 3.53. The van der Waals surface area contributed by atoms with Crippen molar-refractivity contribution in [1.82, 2.24) is 0 Å². The number of methoxy groups -OCH3 is 4. The zero-order valence-electron chi connectivity index (χ0n) is 22.0. The Balaban J connectivity index is 1.83. The predicted molar refractivity (Wildman–Crippen MR) is 148 cm³/mol. The SMILES string of the molecule is CCOC(=O)c1cc(-c2ccc(OC)c(OCc3ccccc3)c2)c(-c2cc(OC)c(OC)c(OC)c2)s1. The quantitative estimate of drug-likeness (QED) is 0.194. The summed E-state index contributed by atoms with van der Waals surface area (Å²) in [6, 6.07) is 21.2. The maximum atomic E-state index is 12.7. The van der Waals surface area contributed by atoms with Gasteiger partial charge >= 0.3 is 5.97 Å². The Bertz CT molecular complexity index is 1370. The van der Waals surface area contributed by atoms with E-state index in [1.54, 1.807) is 35.4 Å². The van der Waals surface area contributed by atoms with Gasteiger partial charge in [0.1, 0.15) is 11.5 Å². The van der Waals surface area contributed by atoms with E-state index in [2.05, 4.69) is 0 Å². The molecule has 0 saturated heterocycles. The highest BCUT2D eigenvalue weighted by Crippen LogP contribution is 2.47. The zero-order chi connectivity index (χ0) is 27.1. The van der Waals surface area contributed by atoms with Gasteiger partial charge in [-0.3, -0.25) is 0 Å². The molecule has 0 fully saturated rings. The minimum atomic E-state index is -0.383. The van der Waals surface area contributed by atoms with Gasteiger partial charge in [0.2, 0.25) is 5.75 Å². The second kappa shape index (κ2) is 12.4. The number of carbonyl (C=O) groups is 1. The van der Waals surface area contributed by atoms with Crippen molar-refractivity contribution in [2.24, 2.45) is 0 Å². The highest BCUT2D eigenvalue weighted by Gasteiger charge is 2.22. The first kappa shape index (κ1) is 26.9. The first-order chi connectivity index (χ1) is 18.5. The van der Waals surface area contributed by atoms with E-state index in [4.69, 9.17) is 28.4 Å². The first-order valence-corrected chi connectivity index (χ1v) is 12.8. The Morgan fingerprint density at radius 1 is 0.737 bits per heavy atom. The van der Waals surface area contributed by atoms with Crippen LogP contribution >= 0.6 is 11.3 Å². The topological polar surface area (TPSA) is 72.5 Å². The van der Waals surface area contributed by atoms with Crippen LogP contribution in [0.25, 0.3) is 21.6 Å². The van der Waals surface area contributed by atoms with Crippen LogP contribution in [0.1, 0.15) is 22.2 Å². The van der Waals surface area contributed by atoms with Crippen LogP contribution in [0.5, 0.6) is 28.7 Å². The molecule has 0 radical (unpaired) electrons. The van der Waals surface area contributed by atoms with Crippen LogP contribution in [0, 0.1) is 0 Å². The molecule has 0 spiro atoms. The number of esters is 1. The lowest BCUT2D eigenvalue weighted by Gasteiger charge is -2.15. The molecule has 0 saturated carbocycles. The summed E-state index contributed by atoms with van der Waals surface area (Å²) in [6.45, 7) is 2.45. The average Bonchev–Trinajstić information content (AvgIpc) is 3.41. The second-order valence-electron chi connectivity index (χ2n) is 8.13. The molecule has 1 heterocycles. The Morgan fingerprint density at radius 2 is 1.39 bits per heavy atom. The third-order valence-electron chi connectivity index (χ3n) is 5.85. The molecule has 198 valence electrons. The van der Waals surface area contributed by atoms with Crippen LogP contribution in [0.3, 0.4) is 0 Å². The molecule has 0 aliphatic heterocycles. The van der Waals surface area contributed by atoms with Gasteiger partial charge in [-0.05, 0) is 53.9 Å². The van der Waals surface area contributed by atoms with Gasteiger partial charge < -0.3 is 28.4 Å². The summed E-state index contributed by atoms with van der Waals surface area (Å²) in [5.74, 6) is 2.34. The molecule has 0 unspecified atom stereocenters.